The largest absolute Gasteiger partial charge is 0.478 e. The topological polar surface area (TPSA) is 37.3 Å². The molecule has 2 aromatic rings. The van der Waals surface area contributed by atoms with E-state index in [9.17, 15) is 18.0 Å². The van der Waals surface area contributed by atoms with Crippen molar-refractivity contribution in [3.63, 3.8) is 0 Å². The number of hydrogen-bond donors (Lipinski definition) is 1. The molecule has 0 saturated carbocycles. The number of aliphatic carboxylic acids is 1. The molecule has 0 saturated heterocycles. The molecule has 0 bridgehead atoms. The fourth-order valence-electron chi connectivity index (χ4n) is 1.96. The van der Waals surface area contributed by atoms with E-state index >= 15 is 0 Å². The molecular weight excluding hydrogens is 281 g/mol. The fourth-order valence-corrected chi connectivity index (χ4v) is 1.96. The minimum Gasteiger partial charge on any atom is -0.478 e. The smallest absolute Gasteiger partial charge is 0.417 e. The van der Waals surface area contributed by atoms with Crippen LogP contribution in [0.25, 0.3) is 17.2 Å². The minimum atomic E-state index is -4.44. The molecule has 0 fully saturated rings. The molecule has 0 aliphatic heterocycles. The van der Waals surface area contributed by atoms with E-state index in [0.717, 1.165) is 12.1 Å². The summed E-state index contributed by atoms with van der Waals surface area (Å²) in [6.45, 7) is 0. The highest BCUT2D eigenvalue weighted by Gasteiger charge is 2.33. The van der Waals surface area contributed by atoms with Gasteiger partial charge in [-0.3, -0.25) is 0 Å². The van der Waals surface area contributed by atoms with Gasteiger partial charge in [0.05, 0.1) is 5.56 Å². The maximum Gasteiger partial charge on any atom is 0.417 e. The number of alkyl halides is 3. The van der Waals surface area contributed by atoms with Gasteiger partial charge in [-0.1, -0.05) is 36.4 Å². The van der Waals surface area contributed by atoms with Gasteiger partial charge in [0.15, 0.2) is 0 Å². The van der Waals surface area contributed by atoms with Crippen molar-refractivity contribution in [1.29, 1.82) is 0 Å². The van der Waals surface area contributed by atoms with E-state index in [-0.39, 0.29) is 5.56 Å². The van der Waals surface area contributed by atoms with Gasteiger partial charge in [-0.2, -0.15) is 13.2 Å². The molecule has 0 unspecified atom stereocenters. The van der Waals surface area contributed by atoms with Gasteiger partial charge in [-0.25, -0.2) is 4.79 Å². The second-order valence-corrected chi connectivity index (χ2v) is 4.34. The van der Waals surface area contributed by atoms with E-state index < -0.39 is 17.7 Å². The average molecular weight is 292 g/mol. The van der Waals surface area contributed by atoms with Gasteiger partial charge in [0.1, 0.15) is 0 Å². The van der Waals surface area contributed by atoms with Crippen LogP contribution in [0.2, 0.25) is 0 Å². The van der Waals surface area contributed by atoms with Gasteiger partial charge in [0, 0.05) is 6.08 Å². The standard InChI is InChI=1S/C16H11F3O2/c17-16(18,19)14-7-2-1-6-13(14)12-5-3-4-11(10-12)8-9-15(20)21/h1-10H,(H,20,21)/b9-8+. The van der Waals surface area contributed by atoms with E-state index in [4.69, 9.17) is 5.11 Å². The molecule has 1 N–H and O–H groups in total. The van der Waals surface area contributed by atoms with Crippen molar-refractivity contribution in [2.75, 3.05) is 0 Å². The lowest BCUT2D eigenvalue weighted by atomic mass is 9.97. The Labute approximate surface area is 119 Å². The van der Waals surface area contributed by atoms with Gasteiger partial charge in [-0.15, -0.1) is 0 Å². The third-order valence-electron chi connectivity index (χ3n) is 2.85. The Balaban J connectivity index is 2.49. The van der Waals surface area contributed by atoms with Crippen LogP contribution in [0.1, 0.15) is 11.1 Å². The van der Waals surface area contributed by atoms with Crippen molar-refractivity contribution in [3.8, 4) is 11.1 Å². The lowest BCUT2D eigenvalue weighted by Gasteiger charge is -2.13. The Kier molecular flexibility index (Phi) is 4.12. The molecule has 0 atom stereocenters. The molecule has 2 nitrogen and oxygen atoms in total. The van der Waals surface area contributed by atoms with Crippen LogP contribution in [0.3, 0.4) is 0 Å². The van der Waals surface area contributed by atoms with Crippen LogP contribution in [0.4, 0.5) is 13.2 Å². The summed E-state index contributed by atoms with van der Waals surface area (Å²) < 4.78 is 39.0. The Bertz CT molecular complexity index is 688. The zero-order valence-corrected chi connectivity index (χ0v) is 10.8. The van der Waals surface area contributed by atoms with Crippen molar-refractivity contribution < 1.29 is 23.1 Å². The zero-order valence-electron chi connectivity index (χ0n) is 10.8. The van der Waals surface area contributed by atoms with Crippen LogP contribution < -0.4 is 0 Å². The summed E-state index contributed by atoms with van der Waals surface area (Å²) in [5, 5.41) is 8.58. The molecule has 0 spiro atoms. The second-order valence-electron chi connectivity index (χ2n) is 4.34. The van der Waals surface area contributed by atoms with Crippen molar-refractivity contribution in [1.82, 2.24) is 0 Å². The summed E-state index contributed by atoms with van der Waals surface area (Å²) in [6.07, 6.45) is -2.17. The van der Waals surface area contributed by atoms with Crippen molar-refractivity contribution in [2.24, 2.45) is 0 Å². The minimum absolute atomic E-state index is 0.0653. The highest BCUT2D eigenvalue weighted by atomic mass is 19.4. The molecule has 0 aliphatic rings. The third-order valence-corrected chi connectivity index (χ3v) is 2.85. The predicted octanol–water partition coefficient (Wildman–Crippen LogP) is 4.47. The Hall–Kier alpha value is -2.56. The van der Waals surface area contributed by atoms with Crippen LogP contribution >= 0.6 is 0 Å². The van der Waals surface area contributed by atoms with Gasteiger partial charge in [0.2, 0.25) is 0 Å². The maximum absolute atomic E-state index is 13.0. The predicted molar refractivity (Wildman–Crippen MR) is 73.5 cm³/mol. The normalized spacial score (nSPS) is 11.8. The summed E-state index contributed by atoms with van der Waals surface area (Å²) in [5.74, 6) is -1.11. The summed E-state index contributed by atoms with van der Waals surface area (Å²) in [7, 11) is 0. The molecule has 5 heteroatoms. The Morgan fingerprint density at radius 3 is 2.43 bits per heavy atom. The van der Waals surface area contributed by atoms with Crippen molar-refractivity contribution in [2.45, 2.75) is 6.18 Å². The first-order chi connectivity index (χ1) is 9.88. The summed E-state index contributed by atoms with van der Waals surface area (Å²) >= 11 is 0. The van der Waals surface area contributed by atoms with E-state index in [1.54, 1.807) is 18.2 Å². The van der Waals surface area contributed by atoms with Crippen LogP contribution in [0.5, 0.6) is 0 Å². The number of carbonyl (C=O) groups is 1. The maximum atomic E-state index is 13.0. The van der Waals surface area contributed by atoms with E-state index in [1.165, 1.54) is 30.3 Å². The molecule has 0 heterocycles. The van der Waals surface area contributed by atoms with Gasteiger partial charge < -0.3 is 5.11 Å². The van der Waals surface area contributed by atoms with E-state index in [0.29, 0.717) is 11.1 Å². The molecule has 108 valence electrons. The highest BCUT2D eigenvalue weighted by Crippen LogP contribution is 2.37. The summed E-state index contributed by atoms with van der Waals surface area (Å²) in [5.41, 5.74) is 0.252. The Morgan fingerprint density at radius 2 is 1.76 bits per heavy atom. The summed E-state index contributed by atoms with van der Waals surface area (Å²) in [6, 6.07) is 11.6. The van der Waals surface area contributed by atoms with Gasteiger partial charge >= 0.3 is 12.1 Å². The van der Waals surface area contributed by atoms with Crippen molar-refractivity contribution >= 4 is 12.0 Å². The molecule has 0 aromatic heterocycles. The van der Waals surface area contributed by atoms with Crippen LogP contribution in [-0.2, 0) is 11.0 Å². The monoisotopic (exact) mass is 292 g/mol. The number of carboxylic acids is 1. The Morgan fingerprint density at radius 1 is 1.05 bits per heavy atom. The number of hydrogen-bond acceptors (Lipinski definition) is 1. The quantitative estimate of drug-likeness (QED) is 0.847. The van der Waals surface area contributed by atoms with Crippen LogP contribution in [0, 0.1) is 0 Å². The third kappa shape index (κ3) is 3.72. The molecule has 2 aromatic carbocycles. The van der Waals surface area contributed by atoms with Gasteiger partial charge in [-0.05, 0) is 34.9 Å². The number of rotatable bonds is 3. The number of carboxylic acid groups (broad SMARTS) is 1. The van der Waals surface area contributed by atoms with Crippen LogP contribution in [-0.4, -0.2) is 11.1 Å². The van der Waals surface area contributed by atoms with Gasteiger partial charge in [0.25, 0.3) is 0 Å². The molecule has 0 amide bonds. The first kappa shape index (κ1) is 14.8. The number of halogens is 3. The molecule has 0 aliphatic carbocycles. The SMILES string of the molecule is O=C(O)/C=C/c1cccc(-c2ccccc2C(F)(F)F)c1. The second kappa shape index (κ2) is 5.83. The number of benzene rings is 2. The van der Waals surface area contributed by atoms with Crippen LogP contribution in [0.15, 0.2) is 54.6 Å². The first-order valence-electron chi connectivity index (χ1n) is 6.05. The molecular formula is C16H11F3O2. The molecule has 2 rings (SSSR count). The average Bonchev–Trinajstić information content (AvgIpc) is 2.44. The first-order valence-corrected chi connectivity index (χ1v) is 6.05. The molecule has 0 radical (unpaired) electrons. The lowest BCUT2D eigenvalue weighted by Crippen LogP contribution is -2.06. The highest BCUT2D eigenvalue weighted by molar-refractivity contribution is 5.85. The lowest BCUT2D eigenvalue weighted by molar-refractivity contribution is -0.137. The molecule has 21 heavy (non-hydrogen) atoms. The van der Waals surface area contributed by atoms with E-state index in [2.05, 4.69) is 0 Å². The summed E-state index contributed by atoms with van der Waals surface area (Å²) in [4.78, 5) is 10.5. The van der Waals surface area contributed by atoms with Crippen molar-refractivity contribution in [3.05, 3.63) is 65.7 Å². The van der Waals surface area contributed by atoms with E-state index in [1.807, 2.05) is 0 Å². The fraction of sp³-hybridized carbons (Fsp3) is 0.0625. The zero-order chi connectivity index (χ0) is 15.5.